The first kappa shape index (κ1) is 17.0. The van der Waals surface area contributed by atoms with Gasteiger partial charge in [0.15, 0.2) is 12.4 Å². The number of carbonyl (C=O) groups excluding carboxylic acids is 1. The van der Waals surface area contributed by atoms with Crippen LogP contribution in [-0.2, 0) is 6.73 Å². The number of nitrogens with one attached hydrogen (secondary N) is 1. The minimum absolute atomic E-state index is 0.106. The van der Waals surface area contributed by atoms with Crippen molar-refractivity contribution in [2.75, 3.05) is 5.32 Å². The highest BCUT2D eigenvalue weighted by Gasteiger charge is 2.12. The van der Waals surface area contributed by atoms with Crippen LogP contribution in [0.4, 0.5) is 10.1 Å². The zero-order valence-corrected chi connectivity index (χ0v) is 14.1. The van der Waals surface area contributed by atoms with Gasteiger partial charge in [0.05, 0.1) is 5.69 Å². The lowest BCUT2D eigenvalue weighted by molar-refractivity contribution is 0.101. The number of ether oxygens (including phenoxy) is 1. The molecule has 0 saturated heterocycles. The van der Waals surface area contributed by atoms with Gasteiger partial charge in [-0.05, 0) is 48.9 Å². The fraction of sp³-hybridized carbons (Fsp3) is 0.111. The van der Waals surface area contributed by atoms with Crippen molar-refractivity contribution >= 4 is 23.2 Å². The van der Waals surface area contributed by atoms with Crippen LogP contribution in [0.25, 0.3) is 0 Å². The fourth-order valence-electron chi connectivity index (χ4n) is 2.15. The topological polar surface area (TPSA) is 56.1 Å². The Balaban J connectivity index is 1.62. The minimum atomic E-state index is -0.503. The third-order valence-corrected chi connectivity index (χ3v) is 3.91. The van der Waals surface area contributed by atoms with E-state index in [1.807, 2.05) is 13.0 Å². The molecule has 0 radical (unpaired) electrons. The van der Waals surface area contributed by atoms with Crippen LogP contribution in [0.1, 0.15) is 16.1 Å². The van der Waals surface area contributed by atoms with E-state index in [1.54, 1.807) is 30.5 Å². The Hall–Kier alpha value is -2.86. The van der Waals surface area contributed by atoms with Crippen LogP contribution in [0.2, 0.25) is 5.02 Å². The Morgan fingerprint density at radius 2 is 2.08 bits per heavy atom. The second-order valence-electron chi connectivity index (χ2n) is 5.36. The molecular weight excluding hydrogens is 345 g/mol. The lowest BCUT2D eigenvalue weighted by atomic mass is 10.2. The molecule has 3 aromatic rings. The number of halogens is 2. The summed E-state index contributed by atoms with van der Waals surface area (Å²) >= 11 is 5.97. The first-order valence-electron chi connectivity index (χ1n) is 7.51. The molecule has 0 unspecified atom stereocenters. The molecule has 3 rings (SSSR count). The molecule has 0 bridgehead atoms. The van der Waals surface area contributed by atoms with Gasteiger partial charge in [0, 0.05) is 11.2 Å². The number of aromatic nitrogens is 2. The predicted molar refractivity (Wildman–Crippen MR) is 93.4 cm³/mol. The van der Waals surface area contributed by atoms with E-state index in [1.165, 1.54) is 22.9 Å². The van der Waals surface area contributed by atoms with E-state index in [0.717, 1.165) is 5.56 Å². The molecule has 0 aliphatic rings. The lowest BCUT2D eigenvalue weighted by Gasteiger charge is -2.08. The molecule has 1 aromatic heterocycles. The van der Waals surface area contributed by atoms with E-state index in [0.29, 0.717) is 10.8 Å². The summed E-state index contributed by atoms with van der Waals surface area (Å²) in [5.41, 5.74) is 1.18. The minimum Gasteiger partial charge on any atom is -0.471 e. The summed E-state index contributed by atoms with van der Waals surface area (Å²) in [6.45, 7) is 2.02. The van der Waals surface area contributed by atoms with Crippen LogP contribution < -0.4 is 10.1 Å². The van der Waals surface area contributed by atoms with Crippen molar-refractivity contribution in [1.29, 1.82) is 0 Å². The van der Waals surface area contributed by atoms with Crippen molar-refractivity contribution in [3.63, 3.8) is 0 Å². The highest BCUT2D eigenvalue weighted by atomic mass is 35.5. The molecule has 0 fully saturated rings. The Labute approximate surface area is 149 Å². The first-order chi connectivity index (χ1) is 12.0. The summed E-state index contributed by atoms with van der Waals surface area (Å²) in [6.07, 6.45) is 1.61. The molecule has 0 aliphatic heterocycles. The molecule has 2 aromatic carbocycles. The molecule has 0 atom stereocenters. The fourth-order valence-corrected chi connectivity index (χ4v) is 2.27. The maximum atomic E-state index is 13.6. The summed E-state index contributed by atoms with van der Waals surface area (Å²) < 4.78 is 20.7. The number of anilines is 1. The number of rotatable bonds is 5. The van der Waals surface area contributed by atoms with E-state index in [4.69, 9.17) is 16.3 Å². The Morgan fingerprint density at radius 3 is 2.84 bits per heavy atom. The number of nitrogens with zero attached hydrogens (tertiary/aromatic N) is 2. The van der Waals surface area contributed by atoms with Crippen LogP contribution in [0, 0.1) is 12.7 Å². The molecule has 1 heterocycles. The van der Waals surface area contributed by atoms with Crippen molar-refractivity contribution < 1.29 is 13.9 Å². The van der Waals surface area contributed by atoms with Crippen molar-refractivity contribution in [2.45, 2.75) is 13.7 Å². The van der Waals surface area contributed by atoms with E-state index in [2.05, 4.69) is 10.4 Å². The van der Waals surface area contributed by atoms with Crippen molar-refractivity contribution in [2.24, 2.45) is 0 Å². The number of hydrogen-bond acceptors (Lipinski definition) is 3. The van der Waals surface area contributed by atoms with Gasteiger partial charge in [0.25, 0.3) is 5.91 Å². The smallest absolute Gasteiger partial charge is 0.276 e. The number of amides is 1. The highest BCUT2D eigenvalue weighted by molar-refractivity contribution is 6.31. The normalized spacial score (nSPS) is 10.5. The third-order valence-electron chi connectivity index (χ3n) is 3.49. The number of para-hydroxylation sites is 1. The quantitative estimate of drug-likeness (QED) is 0.740. The van der Waals surface area contributed by atoms with Crippen molar-refractivity contribution in [3.8, 4) is 5.75 Å². The molecule has 1 amide bonds. The molecule has 0 saturated carbocycles. The second-order valence-corrected chi connectivity index (χ2v) is 5.77. The molecule has 128 valence electrons. The maximum absolute atomic E-state index is 13.6. The van der Waals surface area contributed by atoms with Gasteiger partial charge in [-0.25, -0.2) is 9.07 Å². The summed E-state index contributed by atoms with van der Waals surface area (Å²) in [5.74, 6) is -0.349. The summed E-state index contributed by atoms with van der Waals surface area (Å²) in [6, 6.07) is 12.8. The van der Waals surface area contributed by atoms with Gasteiger partial charge < -0.3 is 10.1 Å². The SMILES string of the molecule is Cc1cc(OCn2ccc(C(=O)Nc3ccccc3F)n2)ccc1Cl. The second kappa shape index (κ2) is 7.36. The van der Waals surface area contributed by atoms with E-state index in [-0.39, 0.29) is 18.1 Å². The van der Waals surface area contributed by atoms with E-state index >= 15 is 0 Å². The lowest BCUT2D eigenvalue weighted by Crippen LogP contribution is -2.15. The number of hydrogen-bond donors (Lipinski definition) is 1. The van der Waals surface area contributed by atoms with Gasteiger partial charge >= 0.3 is 0 Å². The zero-order valence-electron chi connectivity index (χ0n) is 13.4. The van der Waals surface area contributed by atoms with Crippen LogP contribution >= 0.6 is 11.6 Å². The molecule has 0 spiro atoms. The summed E-state index contributed by atoms with van der Waals surface area (Å²) in [4.78, 5) is 12.1. The van der Waals surface area contributed by atoms with Crippen molar-refractivity contribution in [1.82, 2.24) is 9.78 Å². The van der Waals surface area contributed by atoms with E-state index in [9.17, 15) is 9.18 Å². The van der Waals surface area contributed by atoms with Gasteiger partial charge in [-0.2, -0.15) is 5.10 Å². The largest absolute Gasteiger partial charge is 0.471 e. The molecule has 0 aliphatic carbocycles. The first-order valence-corrected chi connectivity index (χ1v) is 7.89. The molecule has 5 nitrogen and oxygen atoms in total. The zero-order chi connectivity index (χ0) is 17.8. The van der Waals surface area contributed by atoms with Gasteiger partial charge in [-0.3, -0.25) is 4.79 Å². The van der Waals surface area contributed by atoms with Crippen LogP contribution in [0.15, 0.2) is 54.7 Å². The third kappa shape index (κ3) is 4.16. The molecule has 7 heteroatoms. The highest BCUT2D eigenvalue weighted by Crippen LogP contribution is 2.21. The molecule has 25 heavy (non-hydrogen) atoms. The van der Waals surface area contributed by atoms with Gasteiger partial charge in [0.2, 0.25) is 0 Å². The number of benzene rings is 2. The average molecular weight is 360 g/mol. The van der Waals surface area contributed by atoms with Gasteiger partial charge in [-0.15, -0.1) is 0 Å². The predicted octanol–water partition coefficient (Wildman–Crippen LogP) is 4.27. The van der Waals surface area contributed by atoms with Crippen LogP contribution in [0.3, 0.4) is 0 Å². The van der Waals surface area contributed by atoms with E-state index < -0.39 is 11.7 Å². The number of carbonyl (C=O) groups is 1. The Morgan fingerprint density at radius 1 is 1.28 bits per heavy atom. The maximum Gasteiger partial charge on any atom is 0.276 e. The van der Waals surface area contributed by atoms with Crippen LogP contribution in [-0.4, -0.2) is 15.7 Å². The standard InChI is InChI=1S/C18H15ClFN3O2/c1-12-10-13(6-7-14(12)19)25-11-23-9-8-17(22-23)18(24)21-16-5-3-2-4-15(16)20/h2-10H,11H2,1H3,(H,21,24). The molecular formula is C18H15ClFN3O2. The Bertz CT molecular complexity index is 911. The van der Waals surface area contributed by atoms with Gasteiger partial charge in [-0.1, -0.05) is 23.7 Å². The number of aryl methyl sites for hydroxylation is 1. The Kier molecular flexibility index (Phi) is 5.00. The van der Waals surface area contributed by atoms with Gasteiger partial charge in [0.1, 0.15) is 11.6 Å². The van der Waals surface area contributed by atoms with Crippen LogP contribution in [0.5, 0.6) is 5.75 Å². The monoisotopic (exact) mass is 359 g/mol. The average Bonchev–Trinajstić information content (AvgIpc) is 3.07. The summed E-state index contributed by atoms with van der Waals surface area (Å²) in [7, 11) is 0. The molecule has 1 N–H and O–H groups in total. The summed E-state index contributed by atoms with van der Waals surface area (Å²) in [5, 5.41) is 7.27. The van der Waals surface area contributed by atoms with Crippen molar-refractivity contribution in [3.05, 3.63) is 76.8 Å².